The van der Waals surface area contributed by atoms with Gasteiger partial charge in [-0.1, -0.05) is 86.0 Å². The largest absolute Gasteiger partial charge is 0.113 e. The third kappa shape index (κ3) is 4.91. The van der Waals surface area contributed by atoms with E-state index >= 15 is 0 Å². The summed E-state index contributed by atoms with van der Waals surface area (Å²) in [6.45, 7) is 11.0. The van der Waals surface area contributed by atoms with Gasteiger partial charge >= 0.3 is 0 Å². The molecule has 0 aromatic heterocycles. The number of hydrogen-bond acceptors (Lipinski definition) is 0. The Morgan fingerprint density at radius 1 is 0.750 bits per heavy atom. The molecule has 1 unspecified atom stereocenters. The van der Waals surface area contributed by atoms with E-state index < -0.39 is 0 Å². The van der Waals surface area contributed by atoms with E-state index in [9.17, 15) is 0 Å². The van der Waals surface area contributed by atoms with E-state index in [2.05, 4.69) is 19.7 Å². The van der Waals surface area contributed by atoms with Gasteiger partial charge in [-0.05, 0) is 16.7 Å². The van der Waals surface area contributed by atoms with Crippen LogP contribution in [0.5, 0.6) is 0 Å². The number of benzene rings is 2. The quantitative estimate of drug-likeness (QED) is 0.468. The molecule has 2 rings (SSSR count). The van der Waals surface area contributed by atoms with Gasteiger partial charge < -0.3 is 0 Å². The molecule has 0 saturated heterocycles. The van der Waals surface area contributed by atoms with Gasteiger partial charge in [0.05, 0.1) is 5.38 Å². The predicted molar refractivity (Wildman–Crippen MR) is 91.9 cm³/mol. The normalized spacial score (nSPS) is 10.7. The van der Waals surface area contributed by atoms with Crippen LogP contribution in [0, 0.1) is 0 Å². The highest BCUT2D eigenvalue weighted by atomic mass is 35.5. The van der Waals surface area contributed by atoms with Gasteiger partial charge in [0.2, 0.25) is 0 Å². The standard InChI is InChI=1S/C10H10.C9H9Cl/c1-3-9-7-5-6-8-10(9)4-2;1-2-9(10)8-6-4-3-5-7-8/h3-8H,1-2H2;2-7,9H,1H2. The molecule has 0 radical (unpaired) electrons. The van der Waals surface area contributed by atoms with Crippen LogP contribution in [0.25, 0.3) is 12.2 Å². The molecular weight excluding hydrogens is 264 g/mol. The van der Waals surface area contributed by atoms with Crippen molar-refractivity contribution >= 4 is 23.8 Å². The molecule has 20 heavy (non-hydrogen) atoms. The van der Waals surface area contributed by atoms with E-state index in [0.717, 1.165) is 16.7 Å². The van der Waals surface area contributed by atoms with Crippen LogP contribution in [-0.4, -0.2) is 0 Å². The second-order valence-electron chi connectivity index (χ2n) is 4.09. The SMILES string of the molecule is C=CC(Cl)c1ccccc1.C=Cc1ccccc1C=C. The van der Waals surface area contributed by atoms with E-state index in [-0.39, 0.29) is 5.38 Å². The summed E-state index contributed by atoms with van der Waals surface area (Å²) in [4.78, 5) is 0. The van der Waals surface area contributed by atoms with Gasteiger partial charge in [0.15, 0.2) is 0 Å². The lowest BCUT2D eigenvalue weighted by molar-refractivity contribution is 1.22. The zero-order valence-corrected chi connectivity index (χ0v) is 12.3. The van der Waals surface area contributed by atoms with Crippen molar-refractivity contribution in [3.05, 3.63) is 97.1 Å². The first kappa shape index (κ1) is 16.0. The molecule has 1 heteroatoms. The van der Waals surface area contributed by atoms with E-state index in [4.69, 9.17) is 11.6 Å². The van der Waals surface area contributed by atoms with Crippen LogP contribution in [0.2, 0.25) is 0 Å². The Morgan fingerprint density at radius 3 is 1.60 bits per heavy atom. The summed E-state index contributed by atoms with van der Waals surface area (Å²) in [7, 11) is 0. The Morgan fingerprint density at radius 2 is 1.20 bits per heavy atom. The lowest BCUT2D eigenvalue weighted by Crippen LogP contribution is -1.82. The van der Waals surface area contributed by atoms with Gasteiger partial charge in [0.1, 0.15) is 0 Å². The van der Waals surface area contributed by atoms with E-state index in [1.54, 1.807) is 6.08 Å². The average molecular weight is 283 g/mol. The van der Waals surface area contributed by atoms with Crippen LogP contribution >= 0.6 is 11.6 Å². The predicted octanol–water partition coefficient (Wildman–Crippen LogP) is 6.13. The summed E-state index contributed by atoms with van der Waals surface area (Å²) in [5.41, 5.74) is 3.37. The van der Waals surface area contributed by atoms with Crippen molar-refractivity contribution in [2.75, 3.05) is 0 Å². The molecule has 0 N–H and O–H groups in total. The maximum atomic E-state index is 5.87. The number of alkyl halides is 1. The highest BCUT2D eigenvalue weighted by Gasteiger charge is 1.98. The average Bonchev–Trinajstić information content (AvgIpc) is 2.55. The lowest BCUT2D eigenvalue weighted by Gasteiger charge is -2.01. The van der Waals surface area contributed by atoms with Crippen molar-refractivity contribution in [3.8, 4) is 0 Å². The zero-order valence-electron chi connectivity index (χ0n) is 11.5. The highest BCUT2D eigenvalue weighted by molar-refractivity contribution is 6.21. The third-order valence-corrected chi connectivity index (χ3v) is 3.19. The van der Waals surface area contributed by atoms with Gasteiger partial charge in [0, 0.05) is 0 Å². The summed E-state index contributed by atoms with van der Waals surface area (Å²) < 4.78 is 0. The Kier molecular flexibility index (Phi) is 7.16. The number of hydrogen-bond donors (Lipinski definition) is 0. The molecule has 102 valence electrons. The van der Waals surface area contributed by atoms with Crippen LogP contribution in [-0.2, 0) is 0 Å². The molecule has 1 atom stereocenters. The van der Waals surface area contributed by atoms with Crippen molar-refractivity contribution in [1.29, 1.82) is 0 Å². The summed E-state index contributed by atoms with van der Waals surface area (Å²) in [5, 5.41) is -0.0544. The summed E-state index contributed by atoms with van der Waals surface area (Å²) in [6, 6.07) is 17.9. The van der Waals surface area contributed by atoms with Gasteiger partial charge in [-0.2, -0.15) is 0 Å². The van der Waals surface area contributed by atoms with Crippen LogP contribution in [0.15, 0.2) is 80.4 Å². The fraction of sp³-hybridized carbons (Fsp3) is 0.0526. The van der Waals surface area contributed by atoms with Crippen LogP contribution in [0.3, 0.4) is 0 Å². The first-order valence-electron chi connectivity index (χ1n) is 6.38. The van der Waals surface area contributed by atoms with E-state index in [1.807, 2.05) is 66.7 Å². The molecule has 0 aliphatic heterocycles. The van der Waals surface area contributed by atoms with E-state index in [1.165, 1.54) is 0 Å². The molecule has 0 aliphatic rings. The molecule has 0 fully saturated rings. The van der Waals surface area contributed by atoms with Crippen molar-refractivity contribution in [3.63, 3.8) is 0 Å². The minimum Gasteiger partial charge on any atom is -0.113 e. The Bertz CT molecular complexity index is 528. The maximum Gasteiger partial charge on any atom is 0.0763 e. The van der Waals surface area contributed by atoms with Crippen molar-refractivity contribution in [2.24, 2.45) is 0 Å². The molecule has 0 spiro atoms. The topological polar surface area (TPSA) is 0 Å². The first-order valence-corrected chi connectivity index (χ1v) is 6.82. The minimum atomic E-state index is -0.0544. The van der Waals surface area contributed by atoms with Crippen LogP contribution in [0.4, 0.5) is 0 Å². The molecule has 0 heterocycles. The molecule has 0 nitrogen and oxygen atoms in total. The number of allylic oxidation sites excluding steroid dienone is 1. The van der Waals surface area contributed by atoms with Crippen molar-refractivity contribution in [2.45, 2.75) is 5.38 Å². The minimum absolute atomic E-state index is 0.0544. The third-order valence-electron chi connectivity index (χ3n) is 2.76. The fourth-order valence-corrected chi connectivity index (χ4v) is 1.80. The van der Waals surface area contributed by atoms with Crippen molar-refractivity contribution in [1.82, 2.24) is 0 Å². The molecule has 0 bridgehead atoms. The molecule has 0 saturated carbocycles. The van der Waals surface area contributed by atoms with Crippen molar-refractivity contribution < 1.29 is 0 Å². The number of rotatable bonds is 4. The smallest absolute Gasteiger partial charge is 0.0763 e. The second-order valence-corrected chi connectivity index (χ2v) is 4.56. The molecule has 0 amide bonds. The Labute approximate surface area is 126 Å². The lowest BCUT2D eigenvalue weighted by atomic mass is 10.1. The van der Waals surface area contributed by atoms with Gasteiger partial charge in [-0.3, -0.25) is 0 Å². The fourth-order valence-electron chi connectivity index (χ4n) is 1.66. The van der Waals surface area contributed by atoms with Gasteiger partial charge in [-0.25, -0.2) is 0 Å². The second kappa shape index (κ2) is 8.95. The highest BCUT2D eigenvalue weighted by Crippen LogP contribution is 2.19. The Hall–Kier alpha value is -2.05. The van der Waals surface area contributed by atoms with E-state index in [0.29, 0.717) is 0 Å². The summed E-state index contributed by atoms with van der Waals surface area (Å²) >= 11 is 5.87. The molecular formula is C19H19Cl. The summed E-state index contributed by atoms with van der Waals surface area (Å²) in [5.74, 6) is 0. The monoisotopic (exact) mass is 282 g/mol. The van der Waals surface area contributed by atoms with Gasteiger partial charge in [0.25, 0.3) is 0 Å². The zero-order chi connectivity index (χ0) is 14.8. The van der Waals surface area contributed by atoms with Crippen LogP contribution in [0.1, 0.15) is 22.1 Å². The maximum absolute atomic E-state index is 5.87. The molecule has 2 aromatic carbocycles. The Balaban J connectivity index is 0.000000200. The number of halogens is 1. The summed E-state index contributed by atoms with van der Waals surface area (Å²) in [6.07, 6.45) is 5.38. The molecule has 2 aromatic rings. The molecule has 0 aliphatic carbocycles. The first-order chi connectivity index (χ1) is 9.72. The van der Waals surface area contributed by atoms with Crippen LogP contribution < -0.4 is 0 Å². The van der Waals surface area contributed by atoms with Gasteiger partial charge in [-0.15, -0.1) is 18.2 Å².